The lowest BCUT2D eigenvalue weighted by Gasteiger charge is -2.01. The second kappa shape index (κ2) is 6.58. The van der Waals surface area contributed by atoms with Crippen molar-refractivity contribution in [2.45, 2.75) is 0 Å². The number of halogens is 1. The molecule has 7 nitrogen and oxygen atoms in total. The summed E-state index contributed by atoms with van der Waals surface area (Å²) in [6, 6.07) is 7.25. The number of aromatic nitrogens is 1. The first-order valence-electron chi connectivity index (χ1n) is 5.75. The largest absolute Gasteiger partial charge is 0.288 e. The van der Waals surface area contributed by atoms with Crippen LogP contribution in [0.3, 0.4) is 0 Å². The minimum absolute atomic E-state index is 0.0320. The van der Waals surface area contributed by atoms with Crippen LogP contribution in [0.4, 0.5) is 5.69 Å². The molecule has 21 heavy (non-hydrogen) atoms. The fourth-order valence-corrected chi connectivity index (χ4v) is 1.66. The normalized spacial score (nSPS) is 10.5. The van der Waals surface area contributed by atoms with Gasteiger partial charge in [-0.25, -0.2) is 5.43 Å². The van der Waals surface area contributed by atoms with Gasteiger partial charge in [0.05, 0.1) is 11.1 Å². The van der Waals surface area contributed by atoms with Gasteiger partial charge in [0.1, 0.15) is 5.02 Å². The van der Waals surface area contributed by atoms with Gasteiger partial charge in [-0.15, -0.1) is 0 Å². The van der Waals surface area contributed by atoms with Gasteiger partial charge in [-0.05, 0) is 18.2 Å². The highest BCUT2D eigenvalue weighted by Crippen LogP contribution is 2.24. The van der Waals surface area contributed by atoms with Crippen LogP contribution in [0.15, 0.2) is 47.8 Å². The van der Waals surface area contributed by atoms with E-state index in [4.69, 9.17) is 11.6 Å². The molecule has 0 spiro atoms. The Labute approximate surface area is 124 Å². The highest BCUT2D eigenvalue weighted by atomic mass is 35.5. The summed E-state index contributed by atoms with van der Waals surface area (Å²) in [5, 5.41) is 14.5. The lowest BCUT2D eigenvalue weighted by Crippen LogP contribution is -2.17. The van der Waals surface area contributed by atoms with Crippen molar-refractivity contribution in [1.29, 1.82) is 0 Å². The third kappa shape index (κ3) is 3.83. The number of nitrogens with one attached hydrogen (secondary N) is 1. The van der Waals surface area contributed by atoms with Crippen molar-refractivity contribution in [1.82, 2.24) is 10.4 Å². The van der Waals surface area contributed by atoms with Gasteiger partial charge >= 0.3 is 0 Å². The van der Waals surface area contributed by atoms with E-state index >= 15 is 0 Å². The number of carbonyl (C=O) groups excluding carboxylic acids is 1. The zero-order valence-electron chi connectivity index (χ0n) is 10.6. The lowest BCUT2D eigenvalue weighted by atomic mass is 10.2. The molecule has 1 heterocycles. The molecule has 1 aromatic carbocycles. The summed E-state index contributed by atoms with van der Waals surface area (Å²) < 4.78 is 0. The summed E-state index contributed by atoms with van der Waals surface area (Å²) in [7, 11) is 0. The van der Waals surface area contributed by atoms with E-state index < -0.39 is 10.8 Å². The Morgan fingerprint density at radius 2 is 2.24 bits per heavy atom. The van der Waals surface area contributed by atoms with Gasteiger partial charge in [0.25, 0.3) is 11.6 Å². The molecule has 0 unspecified atom stereocenters. The van der Waals surface area contributed by atoms with Crippen molar-refractivity contribution in [3.05, 3.63) is 69.0 Å². The summed E-state index contributed by atoms with van der Waals surface area (Å²) >= 11 is 5.67. The SMILES string of the molecule is O=C(NN=Cc1cccnc1)c1ccc(Cl)c([N+](=O)[O-])c1. The van der Waals surface area contributed by atoms with Gasteiger partial charge in [-0.3, -0.25) is 19.9 Å². The van der Waals surface area contributed by atoms with E-state index in [1.54, 1.807) is 24.5 Å². The fourth-order valence-electron chi connectivity index (χ4n) is 1.48. The number of rotatable bonds is 4. The van der Waals surface area contributed by atoms with Crippen molar-refractivity contribution in [3.8, 4) is 0 Å². The molecule has 2 aromatic rings. The average molecular weight is 305 g/mol. The number of hydrogen-bond donors (Lipinski definition) is 1. The molecule has 0 radical (unpaired) electrons. The number of hydrazone groups is 1. The number of amides is 1. The highest BCUT2D eigenvalue weighted by Gasteiger charge is 2.15. The quantitative estimate of drug-likeness (QED) is 0.533. The Balaban J connectivity index is 2.09. The van der Waals surface area contributed by atoms with Crippen molar-refractivity contribution in [2.24, 2.45) is 5.10 Å². The van der Waals surface area contributed by atoms with Crippen LogP contribution in [0.2, 0.25) is 5.02 Å². The molecule has 1 amide bonds. The van der Waals surface area contributed by atoms with E-state index in [9.17, 15) is 14.9 Å². The zero-order valence-corrected chi connectivity index (χ0v) is 11.3. The van der Waals surface area contributed by atoms with Gasteiger partial charge in [0, 0.05) is 29.6 Å². The van der Waals surface area contributed by atoms with E-state index in [0.717, 1.165) is 6.07 Å². The molecule has 0 aliphatic carbocycles. The molecule has 0 saturated heterocycles. The molecule has 0 aliphatic heterocycles. The summed E-state index contributed by atoms with van der Waals surface area (Å²) in [5.74, 6) is -0.574. The molecule has 2 rings (SSSR count). The Bertz CT molecular complexity index is 704. The fraction of sp³-hybridized carbons (Fsp3) is 0. The van der Waals surface area contributed by atoms with E-state index in [-0.39, 0.29) is 16.3 Å². The highest BCUT2D eigenvalue weighted by molar-refractivity contribution is 6.32. The third-order valence-corrected chi connectivity index (χ3v) is 2.79. The minimum Gasteiger partial charge on any atom is -0.267 e. The maximum absolute atomic E-state index is 11.8. The van der Waals surface area contributed by atoms with Crippen molar-refractivity contribution in [2.75, 3.05) is 0 Å². The van der Waals surface area contributed by atoms with Crippen molar-refractivity contribution < 1.29 is 9.72 Å². The first-order valence-corrected chi connectivity index (χ1v) is 6.13. The van der Waals surface area contributed by atoms with Gasteiger partial charge < -0.3 is 0 Å². The summed E-state index contributed by atoms with van der Waals surface area (Å²) in [6.45, 7) is 0. The average Bonchev–Trinajstić information content (AvgIpc) is 2.48. The van der Waals surface area contributed by atoms with E-state index in [1.165, 1.54) is 18.3 Å². The number of nitrogens with zero attached hydrogens (tertiary/aromatic N) is 3. The molecule has 0 saturated carbocycles. The number of hydrogen-bond acceptors (Lipinski definition) is 5. The number of nitro benzene ring substituents is 1. The topological polar surface area (TPSA) is 97.5 Å². The smallest absolute Gasteiger partial charge is 0.267 e. The van der Waals surface area contributed by atoms with Crippen LogP contribution in [-0.4, -0.2) is 22.0 Å². The molecule has 0 fully saturated rings. The molecular weight excluding hydrogens is 296 g/mol. The van der Waals surface area contributed by atoms with Crippen LogP contribution >= 0.6 is 11.6 Å². The number of nitro groups is 1. The Morgan fingerprint density at radius 3 is 2.90 bits per heavy atom. The number of carbonyl (C=O) groups is 1. The minimum atomic E-state index is -0.655. The van der Waals surface area contributed by atoms with E-state index in [2.05, 4.69) is 15.5 Å². The second-order valence-corrected chi connectivity index (χ2v) is 4.32. The van der Waals surface area contributed by atoms with E-state index in [1.807, 2.05) is 0 Å². The molecule has 0 bridgehead atoms. The number of pyridine rings is 1. The van der Waals surface area contributed by atoms with Crippen LogP contribution in [0.25, 0.3) is 0 Å². The van der Waals surface area contributed by atoms with Gasteiger partial charge in [0.15, 0.2) is 0 Å². The van der Waals surface area contributed by atoms with Crippen LogP contribution in [0, 0.1) is 10.1 Å². The molecule has 8 heteroatoms. The Kier molecular flexibility index (Phi) is 4.57. The lowest BCUT2D eigenvalue weighted by molar-refractivity contribution is -0.384. The molecule has 1 N–H and O–H groups in total. The predicted molar refractivity (Wildman–Crippen MR) is 77.4 cm³/mol. The van der Waals surface area contributed by atoms with Crippen molar-refractivity contribution >= 4 is 29.4 Å². The van der Waals surface area contributed by atoms with Gasteiger partial charge in [-0.1, -0.05) is 17.7 Å². The van der Waals surface area contributed by atoms with E-state index in [0.29, 0.717) is 5.56 Å². The maximum Gasteiger partial charge on any atom is 0.288 e. The zero-order chi connectivity index (χ0) is 15.2. The molecule has 0 aliphatic rings. The van der Waals surface area contributed by atoms with Crippen LogP contribution in [-0.2, 0) is 0 Å². The second-order valence-electron chi connectivity index (χ2n) is 3.91. The van der Waals surface area contributed by atoms with Crippen LogP contribution < -0.4 is 5.43 Å². The maximum atomic E-state index is 11.8. The first-order chi connectivity index (χ1) is 10.1. The van der Waals surface area contributed by atoms with Crippen LogP contribution in [0.1, 0.15) is 15.9 Å². The van der Waals surface area contributed by atoms with Gasteiger partial charge in [0.2, 0.25) is 0 Å². The number of benzene rings is 1. The summed E-state index contributed by atoms with van der Waals surface area (Å²) in [4.78, 5) is 25.8. The summed E-state index contributed by atoms with van der Waals surface area (Å²) in [6.07, 6.45) is 4.60. The monoisotopic (exact) mass is 304 g/mol. The first kappa shape index (κ1) is 14.6. The van der Waals surface area contributed by atoms with Gasteiger partial charge in [-0.2, -0.15) is 5.10 Å². The standard InChI is InChI=1S/C13H9ClN4O3/c14-11-4-3-10(6-12(11)18(20)21)13(19)17-16-8-9-2-1-5-15-7-9/h1-8H,(H,17,19). The van der Waals surface area contributed by atoms with Crippen molar-refractivity contribution in [3.63, 3.8) is 0 Å². The molecule has 106 valence electrons. The molecule has 0 atom stereocenters. The van der Waals surface area contributed by atoms with Crippen LogP contribution in [0.5, 0.6) is 0 Å². The predicted octanol–water partition coefficient (Wildman–Crippen LogP) is 2.41. The Hall–Kier alpha value is -2.80. The molecular formula is C13H9ClN4O3. The summed E-state index contributed by atoms with van der Waals surface area (Å²) in [5.41, 5.74) is 2.74. The third-order valence-electron chi connectivity index (χ3n) is 2.47. The Morgan fingerprint density at radius 1 is 1.43 bits per heavy atom. The molecule has 1 aromatic heterocycles.